The first-order chi connectivity index (χ1) is 28.1. The molecule has 6 heteroatoms. The van der Waals surface area contributed by atoms with Crippen LogP contribution in [0.3, 0.4) is 0 Å². The van der Waals surface area contributed by atoms with Gasteiger partial charge in [-0.25, -0.2) is 0 Å². The van der Waals surface area contributed by atoms with Crippen LogP contribution < -0.4 is 0 Å². The van der Waals surface area contributed by atoms with Crippen LogP contribution in [0.15, 0.2) is 30.3 Å². The number of hydrogen-bond donors (Lipinski definition) is 0. The summed E-state index contributed by atoms with van der Waals surface area (Å²) in [5, 5.41) is 0. The molecule has 332 valence electrons. The maximum absolute atomic E-state index is 12.8. The first-order valence-electron chi connectivity index (χ1n) is 24.8. The highest BCUT2D eigenvalue weighted by Gasteiger charge is 2.14. The van der Waals surface area contributed by atoms with E-state index in [1.165, 1.54) is 140 Å². The molecule has 1 rings (SSSR count). The van der Waals surface area contributed by atoms with Crippen LogP contribution in [-0.4, -0.2) is 55.8 Å². The number of benzene rings is 1. The van der Waals surface area contributed by atoms with Gasteiger partial charge in [-0.15, -0.1) is 0 Å². The summed E-state index contributed by atoms with van der Waals surface area (Å²) in [4.78, 5) is 27.7. The van der Waals surface area contributed by atoms with E-state index in [0.717, 1.165) is 90.4 Å². The molecule has 0 radical (unpaired) electrons. The SMILES string of the molecule is CCCCCCCCCCCOC(=O)CCCCCN(CCCCCCCC(=O)OC(CCCCCCCC)CCCCCCCC)CCOCc1ccccc1. The van der Waals surface area contributed by atoms with Crippen molar-refractivity contribution < 1.29 is 23.8 Å². The Morgan fingerprint density at radius 2 is 0.912 bits per heavy atom. The predicted octanol–water partition coefficient (Wildman–Crippen LogP) is 14.9. The van der Waals surface area contributed by atoms with Gasteiger partial charge in [-0.2, -0.15) is 0 Å². The maximum atomic E-state index is 12.8. The van der Waals surface area contributed by atoms with E-state index < -0.39 is 0 Å². The number of carbonyl (C=O) groups is 2. The Labute approximate surface area is 353 Å². The van der Waals surface area contributed by atoms with Crippen molar-refractivity contribution in [3.05, 3.63) is 35.9 Å². The number of unbranched alkanes of at least 4 members (excludes halogenated alkanes) is 24. The molecule has 0 amide bonds. The Balaban J connectivity index is 2.30. The Kier molecular flexibility index (Phi) is 39.3. The van der Waals surface area contributed by atoms with Crippen molar-refractivity contribution in [2.45, 2.75) is 245 Å². The van der Waals surface area contributed by atoms with Gasteiger partial charge in [0.1, 0.15) is 6.10 Å². The molecule has 0 bridgehead atoms. The summed E-state index contributed by atoms with van der Waals surface area (Å²) in [6.45, 7) is 11.8. The lowest BCUT2D eigenvalue weighted by molar-refractivity contribution is -0.150. The first kappa shape index (κ1) is 53.1. The van der Waals surface area contributed by atoms with E-state index in [1.54, 1.807) is 0 Å². The molecule has 6 nitrogen and oxygen atoms in total. The van der Waals surface area contributed by atoms with Crippen LogP contribution in [-0.2, 0) is 30.4 Å². The van der Waals surface area contributed by atoms with Crippen LogP contribution in [0.25, 0.3) is 0 Å². The highest BCUT2D eigenvalue weighted by molar-refractivity contribution is 5.69. The summed E-state index contributed by atoms with van der Waals surface area (Å²) in [7, 11) is 0. The van der Waals surface area contributed by atoms with Crippen LogP contribution in [0.1, 0.15) is 238 Å². The molecule has 0 N–H and O–H groups in total. The molecule has 0 aliphatic rings. The molecule has 0 aliphatic carbocycles. The topological polar surface area (TPSA) is 65.1 Å². The quantitative estimate of drug-likeness (QED) is 0.0484. The molecular formula is C51H93NO5. The van der Waals surface area contributed by atoms with Crippen molar-refractivity contribution in [3.8, 4) is 0 Å². The minimum Gasteiger partial charge on any atom is -0.466 e. The summed E-state index contributed by atoms with van der Waals surface area (Å²) < 4.78 is 17.6. The van der Waals surface area contributed by atoms with Crippen LogP contribution in [0.2, 0.25) is 0 Å². The van der Waals surface area contributed by atoms with Crippen molar-refractivity contribution >= 4 is 11.9 Å². The van der Waals surface area contributed by atoms with Crippen molar-refractivity contribution in [3.63, 3.8) is 0 Å². The van der Waals surface area contributed by atoms with Gasteiger partial charge in [0.15, 0.2) is 0 Å². The molecule has 1 aromatic carbocycles. The minimum absolute atomic E-state index is 0.0192. The fourth-order valence-electron chi connectivity index (χ4n) is 7.69. The summed E-state index contributed by atoms with van der Waals surface area (Å²) in [6, 6.07) is 10.4. The highest BCUT2D eigenvalue weighted by atomic mass is 16.5. The van der Waals surface area contributed by atoms with E-state index in [9.17, 15) is 9.59 Å². The molecule has 0 aromatic heterocycles. The molecule has 0 fully saturated rings. The molecule has 0 atom stereocenters. The molecule has 0 saturated heterocycles. The Morgan fingerprint density at radius 3 is 1.46 bits per heavy atom. The summed E-state index contributed by atoms with van der Waals surface area (Å²) >= 11 is 0. The van der Waals surface area contributed by atoms with Gasteiger partial charge in [-0.3, -0.25) is 9.59 Å². The lowest BCUT2D eigenvalue weighted by Crippen LogP contribution is -2.30. The van der Waals surface area contributed by atoms with Gasteiger partial charge in [0, 0.05) is 19.4 Å². The van der Waals surface area contributed by atoms with Gasteiger partial charge in [0.05, 0.1) is 19.8 Å². The van der Waals surface area contributed by atoms with Crippen molar-refractivity contribution in [1.82, 2.24) is 4.90 Å². The summed E-state index contributed by atoms with van der Waals surface area (Å²) in [5.41, 5.74) is 1.21. The standard InChI is InChI=1S/C51H93NO5/c1-4-7-10-13-16-17-18-24-35-45-56-50(53)40-32-26-34-43-52(44-46-55-47-48-36-27-25-28-37-48)42-33-23-19-22-31-41-51(54)57-49(38-29-20-14-11-8-5-2)39-30-21-15-12-9-6-3/h25,27-28,36-37,49H,4-24,26,29-35,38-47H2,1-3H3. The Morgan fingerprint density at radius 1 is 0.474 bits per heavy atom. The first-order valence-corrected chi connectivity index (χ1v) is 24.8. The number of carbonyl (C=O) groups excluding carboxylic acids is 2. The van der Waals surface area contributed by atoms with Crippen LogP contribution in [0.5, 0.6) is 0 Å². The molecule has 57 heavy (non-hydrogen) atoms. The molecule has 0 unspecified atom stereocenters. The van der Waals surface area contributed by atoms with E-state index in [0.29, 0.717) is 26.1 Å². The number of ether oxygens (including phenoxy) is 3. The molecule has 0 aliphatic heterocycles. The van der Waals surface area contributed by atoms with E-state index >= 15 is 0 Å². The van der Waals surface area contributed by atoms with E-state index in [4.69, 9.17) is 14.2 Å². The normalized spacial score (nSPS) is 11.5. The average molecular weight is 800 g/mol. The van der Waals surface area contributed by atoms with Gasteiger partial charge in [-0.05, 0) is 76.4 Å². The Hall–Kier alpha value is -1.92. The third kappa shape index (κ3) is 36.9. The smallest absolute Gasteiger partial charge is 0.306 e. The molecule has 0 saturated carbocycles. The van der Waals surface area contributed by atoms with Crippen LogP contribution in [0.4, 0.5) is 0 Å². The zero-order valence-corrected chi connectivity index (χ0v) is 38.0. The summed E-state index contributed by atoms with van der Waals surface area (Å²) in [6.07, 6.45) is 38.7. The fourth-order valence-corrected chi connectivity index (χ4v) is 7.69. The molecule has 0 heterocycles. The van der Waals surface area contributed by atoms with Crippen LogP contribution in [0, 0.1) is 0 Å². The second-order valence-electron chi connectivity index (χ2n) is 17.0. The minimum atomic E-state index is -0.0323. The summed E-state index contributed by atoms with van der Waals surface area (Å²) in [5.74, 6) is -0.0131. The number of hydrogen-bond acceptors (Lipinski definition) is 6. The third-order valence-electron chi connectivity index (χ3n) is 11.4. The molecule has 0 spiro atoms. The van der Waals surface area contributed by atoms with E-state index in [1.807, 2.05) is 6.07 Å². The Bertz CT molecular complexity index is 971. The molecular weight excluding hydrogens is 707 g/mol. The lowest BCUT2D eigenvalue weighted by Gasteiger charge is -2.22. The van der Waals surface area contributed by atoms with Crippen molar-refractivity contribution in [1.29, 1.82) is 0 Å². The zero-order chi connectivity index (χ0) is 41.1. The highest BCUT2D eigenvalue weighted by Crippen LogP contribution is 2.19. The zero-order valence-electron chi connectivity index (χ0n) is 38.0. The second kappa shape index (κ2) is 42.2. The monoisotopic (exact) mass is 800 g/mol. The van der Waals surface area contributed by atoms with E-state index in [-0.39, 0.29) is 18.0 Å². The largest absolute Gasteiger partial charge is 0.466 e. The third-order valence-corrected chi connectivity index (χ3v) is 11.4. The van der Waals surface area contributed by atoms with Gasteiger partial charge in [0.25, 0.3) is 0 Å². The average Bonchev–Trinajstić information content (AvgIpc) is 3.22. The van der Waals surface area contributed by atoms with Crippen molar-refractivity contribution in [2.24, 2.45) is 0 Å². The van der Waals surface area contributed by atoms with Gasteiger partial charge < -0.3 is 19.1 Å². The number of esters is 2. The number of rotatable bonds is 44. The van der Waals surface area contributed by atoms with E-state index in [2.05, 4.69) is 49.9 Å². The van der Waals surface area contributed by atoms with Crippen molar-refractivity contribution in [2.75, 3.05) is 32.8 Å². The molecule has 1 aromatic rings. The second-order valence-corrected chi connectivity index (χ2v) is 17.0. The fraction of sp³-hybridized carbons (Fsp3) is 0.843. The maximum Gasteiger partial charge on any atom is 0.306 e. The lowest BCUT2D eigenvalue weighted by atomic mass is 10.0. The predicted molar refractivity (Wildman–Crippen MR) is 243 cm³/mol. The number of nitrogens with zero attached hydrogens (tertiary/aromatic N) is 1. The van der Waals surface area contributed by atoms with Gasteiger partial charge >= 0.3 is 11.9 Å². The van der Waals surface area contributed by atoms with Gasteiger partial charge in [-0.1, -0.05) is 192 Å². The van der Waals surface area contributed by atoms with Gasteiger partial charge in [0.2, 0.25) is 0 Å². The van der Waals surface area contributed by atoms with Crippen LogP contribution >= 0.6 is 0 Å².